The van der Waals surface area contributed by atoms with Crippen molar-refractivity contribution in [2.24, 2.45) is 0 Å². The van der Waals surface area contributed by atoms with Crippen molar-refractivity contribution in [3.05, 3.63) is 69.7 Å². The number of piperidine rings is 2. The molecule has 3 N–H and O–H groups in total. The van der Waals surface area contributed by atoms with Crippen LogP contribution in [0.4, 0.5) is 4.79 Å². The smallest absolute Gasteiger partial charge is 0.410 e. The molecule has 0 saturated carbocycles. The second-order valence-corrected chi connectivity index (χ2v) is 18.9. The van der Waals surface area contributed by atoms with E-state index in [2.05, 4.69) is 39.4 Å². The number of rotatable bonds is 8. The van der Waals surface area contributed by atoms with Crippen LogP contribution in [0.5, 0.6) is 0 Å². The molecule has 2 aromatic carbocycles. The fourth-order valence-electron chi connectivity index (χ4n) is 8.16. The second-order valence-electron chi connectivity index (χ2n) is 18.0. The van der Waals surface area contributed by atoms with E-state index in [4.69, 9.17) is 37.4 Å². The molecule has 4 fully saturated rings. The molecule has 10 nitrogen and oxygen atoms in total. The number of amides is 1. The van der Waals surface area contributed by atoms with Crippen molar-refractivity contribution in [2.75, 3.05) is 52.5 Å². The van der Waals surface area contributed by atoms with Crippen LogP contribution in [-0.2, 0) is 27.1 Å². The van der Waals surface area contributed by atoms with E-state index in [1.807, 2.05) is 63.8 Å². The lowest BCUT2D eigenvalue weighted by molar-refractivity contribution is -0.155. The Balaban J connectivity index is 0.000000218. The Hall–Kier alpha value is -1.99. The van der Waals surface area contributed by atoms with Crippen molar-refractivity contribution >= 4 is 29.3 Å². The number of nitrogens with one attached hydrogen (secondary N) is 1. The van der Waals surface area contributed by atoms with Crippen LogP contribution in [0.2, 0.25) is 10.0 Å². The predicted octanol–water partition coefficient (Wildman–Crippen LogP) is 6.60. The van der Waals surface area contributed by atoms with Gasteiger partial charge in [-0.3, -0.25) is 9.80 Å². The number of carbonyl (C=O) groups is 1. The highest BCUT2D eigenvalue weighted by atomic mass is 35.5. The van der Waals surface area contributed by atoms with Crippen molar-refractivity contribution in [3.63, 3.8) is 0 Å². The molecule has 1 amide bonds. The molecule has 4 aliphatic heterocycles. The van der Waals surface area contributed by atoms with E-state index in [9.17, 15) is 15.0 Å². The zero-order chi connectivity index (χ0) is 40.0. The van der Waals surface area contributed by atoms with Crippen LogP contribution in [0, 0.1) is 0 Å². The van der Waals surface area contributed by atoms with E-state index < -0.39 is 16.8 Å². The molecule has 12 heteroatoms. The van der Waals surface area contributed by atoms with E-state index in [1.165, 1.54) is 11.1 Å². The van der Waals surface area contributed by atoms with Crippen LogP contribution >= 0.6 is 23.2 Å². The molecule has 0 bridgehead atoms. The maximum atomic E-state index is 12.4. The molecule has 0 aromatic heterocycles. The predicted molar refractivity (Wildman–Crippen MR) is 220 cm³/mol. The fraction of sp³-hybridized carbons (Fsp3) is 0.698. The van der Waals surface area contributed by atoms with Crippen LogP contribution in [0.15, 0.2) is 48.5 Å². The number of halogens is 2. The molecule has 308 valence electrons. The summed E-state index contributed by atoms with van der Waals surface area (Å²) in [6, 6.07) is 17.6. The number of ether oxygens (including phenoxy) is 3. The summed E-state index contributed by atoms with van der Waals surface area (Å²) in [6.45, 7) is 19.2. The van der Waals surface area contributed by atoms with E-state index in [1.54, 1.807) is 13.8 Å². The van der Waals surface area contributed by atoms with Crippen molar-refractivity contribution in [3.8, 4) is 0 Å². The number of benzene rings is 2. The molecule has 6 rings (SSSR count). The number of carbonyl (C=O) groups excluding carboxylic acids is 1. The number of likely N-dealkylation sites (tertiary alicyclic amines) is 1. The average Bonchev–Trinajstić information content (AvgIpc) is 3.13. The number of hydrogen-bond donors (Lipinski definition) is 3. The molecule has 0 radical (unpaired) electrons. The van der Waals surface area contributed by atoms with Crippen LogP contribution in [-0.4, -0.2) is 137 Å². The largest absolute Gasteiger partial charge is 0.444 e. The highest BCUT2D eigenvalue weighted by Crippen LogP contribution is 2.30. The van der Waals surface area contributed by atoms with Gasteiger partial charge in [0.2, 0.25) is 0 Å². The summed E-state index contributed by atoms with van der Waals surface area (Å²) >= 11 is 12.1. The Bertz CT molecular complexity index is 1480. The van der Waals surface area contributed by atoms with Crippen molar-refractivity contribution in [1.82, 2.24) is 20.0 Å². The van der Waals surface area contributed by atoms with E-state index >= 15 is 0 Å². The van der Waals surface area contributed by atoms with Gasteiger partial charge in [-0.2, -0.15) is 0 Å². The number of nitrogens with zero attached hydrogens (tertiary/aromatic N) is 3. The standard InChI is InChI=1S/C24H37ClN2O4.C19H29ClN2O2/c1-23(2,3)31-22(28)26-12-10-19(11-13-26)27-15-21(24(4,5)29)30-16-20(27)14-17-6-8-18(25)9-7-17;1-19(2,23)18-12-22(16-7-9-21-10-8-16)17(13-24-18)11-14-3-5-15(20)6-4-14/h6-9,19-21,29H,10-16H2,1-5H3;3-6,16-18,21,23H,7-13H2,1-2H3/t20?,21-;17?,18-/m11/s1. The van der Waals surface area contributed by atoms with Gasteiger partial charge in [0, 0.05) is 60.4 Å². The minimum atomic E-state index is -0.902. The summed E-state index contributed by atoms with van der Waals surface area (Å²) in [7, 11) is 0. The van der Waals surface area contributed by atoms with Gasteiger partial charge in [-0.25, -0.2) is 4.79 Å². The number of morpholine rings is 2. The first kappa shape index (κ1) is 44.1. The van der Waals surface area contributed by atoms with Gasteiger partial charge in [-0.05, 0) is 135 Å². The molecular weight excluding hydrogens is 739 g/mol. The Labute approximate surface area is 339 Å². The van der Waals surface area contributed by atoms with Gasteiger partial charge >= 0.3 is 6.09 Å². The maximum absolute atomic E-state index is 12.4. The molecule has 4 atom stereocenters. The Morgan fingerprint density at radius 2 is 1.11 bits per heavy atom. The summed E-state index contributed by atoms with van der Waals surface area (Å²) in [4.78, 5) is 19.3. The number of aliphatic hydroxyl groups is 2. The quantitative estimate of drug-likeness (QED) is 0.273. The minimum absolute atomic E-state index is 0.131. The first-order chi connectivity index (χ1) is 25.9. The third-order valence-electron chi connectivity index (χ3n) is 11.4. The van der Waals surface area contributed by atoms with E-state index in [0.717, 1.165) is 68.2 Å². The summed E-state index contributed by atoms with van der Waals surface area (Å²) in [5.74, 6) is 0. The van der Waals surface area contributed by atoms with Crippen molar-refractivity contribution < 1.29 is 29.2 Å². The summed E-state index contributed by atoms with van der Waals surface area (Å²) in [5, 5.41) is 25.9. The third-order valence-corrected chi connectivity index (χ3v) is 11.9. The molecule has 2 aromatic rings. The fourth-order valence-corrected chi connectivity index (χ4v) is 8.42. The molecule has 0 spiro atoms. The zero-order valence-electron chi connectivity index (χ0n) is 34.1. The normalized spacial score (nSPS) is 25.6. The van der Waals surface area contributed by atoms with Crippen molar-refractivity contribution in [1.29, 1.82) is 0 Å². The monoisotopic (exact) mass is 804 g/mol. The summed E-state index contributed by atoms with van der Waals surface area (Å²) < 4.78 is 17.7. The Kier molecular flexibility index (Phi) is 15.4. The lowest BCUT2D eigenvalue weighted by Crippen LogP contribution is -2.61. The molecule has 55 heavy (non-hydrogen) atoms. The lowest BCUT2D eigenvalue weighted by atomic mass is 9.92. The highest BCUT2D eigenvalue weighted by molar-refractivity contribution is 6.30. The van der Waals surface area contributed by atoms with Gasteiger partial charge in [0.15, 0.2) is 0 Å². The van der Waals surface area contributed by atoms with Crippen LogP contribution in [0.3, 0.4) is 0 Å². The van der Waals surface area contributed by atoms with Crippen molar-refractivity contribution in [2.45, 2.75) is 140 Å². The molecule has 4 heterocycles. The first-order valence-electron chi connectivity index (χ1n) is 20.2. The lowest BCUT2D eigenvalue weighted by Gasteiger charge is -2.48. The molecule has 4 saturated heterocycles. The first-order valence-corrected chi connectivity index (χ1v) is 21.0. The topological polar surface area (TPSA) is 107 Å². The number of hydrogen-bond acceptors (Lipinski definition) is 9. The van der Waals surface area contributed by atoms with Crippen LogP contribution in [0.25, 0.3) is 0 Å². The maximum Gasteiger partial charge on any atom is 0.410 e. The molecule has 4 aliphatic rings. The Morgan fingerprint density at radius 3 is 1.49 bits per heavy atom. The van der Waals surface area contributed by atoms with Gasteiger partial charge in [0.05, 0.1) is 36.6 Å². The van der Waals surface area contributed by atoms with E-state index in [-0.39, 0.29) is 24.3 Å². The van der Waals surface area contributed by atoms with Crippen LogP contribution < -0.4 is 5.32 Å². The van der Waals surface area contributed by atoms with Gasteiger partial charge in [-0.15, -0.1) is 0 Å². The summed E-state index contributed by atoms with van der Waals surface area (Å²) in [6.07, 6.45) is 5.31. The Morgan fingerprint density at radius 1 is 0.709 bits per heavy atom. The van der Waals surface area contributed by atoms with Gasteiger partial charge < -0.3 is 34.6 Å². The third kappa shape index (κ3) is 13.3. The SMILES string of the molecule is CC(C)(C)OC(=O)N1CCC(N2C[C@H](C(C)(C)O)OCC2Cc2ccc(Cl)cc2)CC1.CC(C)(O)[C@H]1CN(C2CCNCC2)C(Cc2ccc(Cl)cc2)CO1. The highest BCUT2D eigenvalue weighted by Gasteiger charge is 2.42. The molecular formula is C43H66Cl2N4O6. The minimum Gasteiger partial charge on any atom is -0.444 e. The van der Waals surface area contributed by atoms with Gasteiger partial charge in [0.1, 0.15) is 5.60 Å². The second kappa shape index (κ2) is 19.2. The average molecular weight is 806 g/mol. The van der Waals surface area contributed by atoms with Gasteiger partial charge in [-0.1, -0.05) is 47.5 Å². The van der Waals surface area contributed by atoms with E-state index in [0.29, 0.717) is 51.0 Å². The zero-order valence-corrected chi connectivity index (χ0v) is 35.6. The molecule has 0 aliphatic carbocycles. The van der Waals surface area contributed by atoms with Crippen LogP contribution in [0.1, 0.15) is 85.3 Å². The molecule has 2 unspecified atom stereocenters. The van der Waals surface area contributed by atoms with Gasteiger partial charge in [0.25, 0.3) is 0 Å². The summed E-state index contributed by atoms with van der Waals surface area (Å²) in [5.41, 5.74) is 0.309.